The van der Waals surface area contributed by atoms with Crippen LogP contribution in [0.4, 0.5) is 0 Å². The predicted molar refractivity (Wildman–Crippen MR) is 390 cm³/mol. The molecule has 2 aromatic heterocycles. The van der Waals surface area contributed by atoms with Gasteiger partial charge in [-0.2, -0.15) is 0 Å². The highest BCUT2D eigenvalue weighted by Crippen LogP contribution is 2.56. The average molecular weight is 1180 g/mol. The van der Waals surface area contributed by atoms with Gasteiger partial charge in [0.15, 0.2) is 0 Å². The molecule has 0 bridgehead atoms. The van der Waals surface area contributed by atoms with Gasteiger partial charge in [-0.25, -0.2) is 0 Å². The third kappa shape index (κ3) is 9.02. The summed E-state index contributed by atoms with van der Waals surface area (Å²) in [5.41, 5.74) is 31.2. The highest BCUT2D eigenvalue weighted by atomic mass is 15.0. The van der Waals surface area contributed by atoms with Crippen molar-refractivity contribution in [1.82, 2.24) is 9.13 Å². The highest BCUT2D eigenvalue weighted by Gasteiger charge is 2.45. The minimum absolute atomic E-state index is 0.409. The van der Waals surface area contributed by atoms with Crippen LogP contribution in [-0.4, -0.2) is 9.13 Å². The van der Waals surface area contributed by atoms with Gasteiger partial charge in [-0.3, -0.25) is 0 Å². The second kappa shape index (κ2) is 22.1. The predicted octanol–water partition coefficient (Wildman–Crippen LogP) is 23.9. The van der Waals surface area contributed by atoms with E-state index < -0.39 is 5.41 Å². The molecule has 1 aliphatic carbocycles. The number of fused-ring (bicyclic) bond motifs is 9. The molecule has 93 heavy (non-hydrogen) atoms. The molecule has 18 rings (SSSR count). The van der Waals surface area contributed by atoms with Crippen LogP contribution >= 0.6 is 0 Å². The maximum Gasteiger partial charge on any atom is 0.0713 e. The van der Waals surface area contributed by atoms with E-state index in [0.717, 1.165) is 11.4 Å². The molecule has 434 valence electrons. The van der Waals surface area contributed by atoms with Gasteiger partial charge in [-0.15, -0.1) is 0 Å². The summed E-state index contributed by atoms with van der Waals surface area (Å²) in [5, 5.41) is 4.96. The molecule has 0 aliphatic heterocycles. The summed E-state index contributed by atoms with van der Waals surface area (Å²) in [6.45, 7) is 0. The molecule has 15 aromatic carbocycles. The zero-order valence-corrected chi connectivity index (χ0v) is 51.0. The molecule has 0 saturated heterocycles. The maximum absolute atomic E-state index is 2.41. The van der Waals surface area contributed by atoms with Crippen LogP contribution < -0.4 is 0 Å². The first-order chi connectivity index (χ1) is 46.1. The number of rotatable bonds is 11. The number of hydrogen-bond donors (Lipinski definition) is 0. The number of hydrogen-bond acceptors (Lipinski definition) is 0. The van der Waals surface area contributed by atoms with Crippen molar-refractivity contribution in [3.8, 4) is 100 Å². The lowest BCUT2D eigenvalue weighted by atomic mass is 9.67. The van der Waals surface area contributed by atoms with E-state index in [1.807, 2.05) is 0 Å². The summed E-state index contributed by atoms with van der Waals surface area (Å²) in [6, 6.07) is 134. The fraction of sp³-hybridized carbons (Fsp3) is 0.0110. The maximum atomic E-state index is 2.41. The zero-order valence-electron chi connectivity index (χ0n) is 51.0. The fourth-order valence-corrected chi connectivity index (χ4v) is 15.2. The lowest BCUT2D eigenvalue weighted by Crippen LogP contribution is -2.28. The number of para-hydroxylation sites is 2. The Bertz CT molecular complexity index is 5630. The van der Waals surface area contributed by atoms with Gasteiger partial charge >= 0.3 is 0 Å². The number of nitrogens with zero attached hydrogens (tertiary/aromatic N) is 2. The Morgan fingerprint density at radius 3 is 0.882 bits per heavy atom. The largest absolute Gasteiger partial charge is 0.309 e. The van der Waals surface area contributed by atoms with Crippen LogP contribution in [-0.2, 0) is 5.41 Å². The summed E-state index contributed by atoms with van der Waals surface area (Å²) in [6.07, 6.45) is 0. The van der Waals surface area contributed by atoms with E-state index in [4.69, 9.17) is 0 Å². The summed E-state index contributed by atoms with van der Waals surface area (Å²) in [5.74, 6) is 0. The Morgan fingerprint density at radius 2 is 0.452 bits per heavy atom. The van der Waals surface area contributed by atoms with Crippen molar-refractivity contribution >= 4 is 43.6 Å². The molecule has 0 amide bonds. The summed E-state index contributed by atoms with van der Waals surface area (Å²) < 4.78 is 4.81. The molecule has 0 spiro atoms. The van der Waals surface area contributed by atoms with Crippen molar-refractivity contribution in [2.24, 2.45) is 0 Å². The van der Waals surface area contributed by atoms with Gasteiger partial charge in [0.25, 0.3) is 0 Å². The second-order valence-corrected chi connectivity index (χ2v) is 24.7. The number of aromatic nitrogens is 2. The standard InChI is InChI=1S/C91H60N2/c1-3-17-61(18-4-1)64-43-51-77(52-44-64)92-87-31-13-9-27-81(87)83-59-73(47-55-89(83)92)74-48-56-90-84(60-74)82-28-10-14-32-88(82)93(90)78-53-45-68(46-54-78)72-22-16-20-70(58-72)66-39-35-63(36-40-66)62-33-37-65(38-34-62)69-19-15-21-71(57-69)67-41-49-76(50-42-67)91(75-23-5-2-6-24-75)85-29-11-7-25-79(85)80-26-8-12-30-86(80)91/h1-60H. The minimum Gasteiger partial charge on any atom is -0.309 e. The molecule has 2 heterocycles. The molecule has 17 aromatic rings. The molecule has 0 saturated carbocycles. The van der Waals surface area contributed by atoms with Gasteiger partial charge < -0.3 is 9.13 Å². The first kappa shape index (κ1) is 53.9. The van der Waals surface area contributed by atoms with Crippen molar-refractivity contribution in [3.63, 3.8) is 0 Å². The zero-order chi connectivity index (χ0) is 61.4. The average Bonchev–Trinajstić information content (AvgIpc) is 1.56. The van der Waals surface area contributed by atoms with Crippen LogP contribution in [0.2, 0.25) is 0 Å². The molecule has 0 N–H and O–H groups in total. The van der Waals surface area contributed by atoms with E-state index in [-0.39, 0.29) is 0 Å². The Morgan fingerprint density at radius 1 is 0.172 bits per heavy atom. The van der Waals surface area contributed by atoms with Crippen molar-refractivity contribution in [2.45, 2.75) is 5.41 Å². The third-order valence-electron chi connectivity index (χ3n) is 19.7. The minimum atomic E-state index is -0.409. The van der Waals surface area contributed by atoms with Crippen LogP contribution in [0.3, 0.4) is 0 Å². The van der Waals surface area contributed by atoms with E-state index in [2.05, 4.69) is 373 Å². The highest BCUT2D eigenvalue weighted by molar-refractivity contribution is 6.13. The molecule has 2 nitrogen and oxygen atoms in total. The molecule has 0 unspecified atom stereocenters. The van der Waals surface area contributed by atoms with Gasteiger partial charge in [-0.1, -0.05) is 291 Å². The summed E-state index contributed by atoms with van der Waals surface area (Å²) in [7, 11) is 0. The van der Waals surface area contributed by atoms with Crippen LogP contribution in [0, 0.1) is 0 Å². The molecule has 0 atom stereocenters. The smallest absolute Gasteiger partial charge is 0.0713 e. The Hall–Kier alpha value is -12.1. The SMILES string of the molecule is c1ccc(-c2ccc(-n3c4ccccc4c4cc(-c5ccc6c(c5)c5ccccc5n6-c5ccc(-c6cccc(-c7ccc(-c8ccc(-c9cccc(-c%10ccc(C%11(c%12ccccc%12)c%12ccccc%12-c%12ccccc%12%11)cc%10)c9)cc8)cc7)c6)cc5)ccc43)cc2)cc1. The van der Waals surface area contributed by atoms with Gasteiger partial charge in [0, 0.05) is 32.9 Å². The quantitative estimate of drug-likeness (QED) is 0.122. The van der Waals surface area contributed by atoms with Gasteiger partial charge in [0.05, 0.1) is 27.5 Å². The van der Waals surface area contributed by atoms with Crippen LogP contribution in [0.15, 0.2) is 364 Å². The second-order valence-electron chi connectivity index (χ2n) is 24.7. The molecule has 0 fully saturated rings. The van der Waals surface area contributed by atoms with Crippen molar-refractivity contribution in [1.29, 1.82) is 0 Å². The topological polar surface area (TPSA) is 9.86 Å². The Labute approximate surface area is 541 Å². The van der Waals surface area contributed by atoms with Gasteiger partial charge in [-0.05, 0) is 184 Å². The van der Waals surface area contributed by atoms with Crippen molar-refractivity contribution in [3.05, 3.63) is 386 Å². The van der Waals surface area contributed by atoms with Crippen molar-refractivity contribution < 1.29 is 0 Å². The lowest BCUT2D eigenvalue weighted by Gasteiger charge is -2.34. The molecule has 0 radical (unpaired) electrons. The van der Waals surface area contributed by atoms with E-state index in [0.29, 0.717) is 0 Å². The molecule has 2 heteroatoms. The molecular weight excluding hydrogens is 1120 g/mol. The third-order valence-corrected chi connectivity index (χ3v) is 19.7. The monoisotopic (exact) mass is 1180 g/mol. The summed E-state index contributed by atoms with van der Waals surface area (Å²) >= 11 is 0. The first-order valence-electron chi connectivity index (χ1n) is 32.2. The molecular formula is C91H60N2. The first-order valence-corrected chi connectivity index (χ1v) is 32.2. The van der Waals surface area contributed by atoms with Gasteiger partial charge in [0.2, 0.25) is 0 Å². The fourth-order valence-electron chi connectivity index (χ4n) is 15.2. The molecule has 1 aliphatic rings. The normalized spacial score (nSPS) is 12.4. The van der Waals surface area contributed by atoms with E-state index in [1.54, 1.807) is 0 Å². The van der Waals surface area contributed by atoms with Crippen LogP contribution in [0.25, 0.3) is 144 Å². The van der Waals surface area contributed by atoms with E-state index >= 15 is 0 Å². The lowest BCUT2D eigenvalue weighted by molar-refractivity contribution is 0.768. The number of benzene rings is 15. The summed E-state index contributed by atoms with van der Waals surface area (Å²) in [4.78, 5) is 0. The Balaban J connectivity index is 0.581. The van der Waals surface area contributed by atoms with Crippen LogP contribution in [0.5, 0.6) is 0 Å². The van der Waals surface area contributed by atoms with E-state index in [9.17, 15) is 0 Å². The van der Waals surface area contributed by atoms with Crippen LogP contribution in [0.1, 0.15) is 22.3 Å². The van der Waals surface area contributed by atoms with Crippen molar-refractivity contribution in [2.75, 3.05) is 0 Å². The Kier molecular flexibility index (Phi) is 12.8. The van der Waals surface area contributed by atoms with E-state index in [1.165, 1.54) is 155 Å². The van der Waals surface area contributed by atoms with Gasteiger partial charge in [0.1, 0.15) is 0 Å².